The Labute approximate surface area is 117 Å². The van der Waals surface area contributed by atoms with Crippen molar-refractivity contribution in [2.24, 2.45) is 0 Å². The lowest BCUT2D eigenvalue weighted by atomic mass is 10.1. The lowest BCUT2D eigenvalue weighted by Crippen LogP contribution is -2.13. The summed E-state index contributed by atoms with van der Waals surface area (Å²) in [6.07, 6.45) is 2.17. The van der Waals surface area contributed by atoms with E-state index in [-0.39, 0.29) is 12.5 Å². The molecule has 102 valence electrons. The number of aromatic nitrogens is 1. The minimum Gasteiger partial charge on any atom is -0.395 e. The Bertz CT molecular complexity index is 649. The van der Waals surface area contributed by atoms with Gasteiger partial charge in [0.1, 0.15) is 5.69 Å². The first-order valence-corrected chi connectivity index (χ1v) is 6.36. The molecular weight excluding hydrogens is 252 g/mol. The van der Waals surface area contributed by atoms with E-state index in [9.17, 15) is 4.79 Å². The van der Waals surface area contributed by atoms with E-state index in [2.05, 4.69) is 22.1 Å². The van der Waals surface area contributed by atoms with E-state index in [1.54, 1.807) is 18.3 Å². The number of hydrogen-bond donors (Lipinski definition) is 3. The van der Waals surface area contributed by atoms with Crippen molar-refractivity contribution >= 4 is 11.6 Å². The van der Waals surface area contributed by atoms with Gasteiger partial charge in [-0.3, -0.25) is 4.79 Å². The first-order chi connectivity index (χ1) is 9.70. The van der Waals surface area contributed by atoms with Gasteiger partial charge in [0.25, 0.3) is 5.91 Å². The predicted molar refractivity (Wildman–Crippen MR) is 78.5 cm³/mol. The zero-order valence-corrected chi connectivity index (χ0v) is 11.2. The second-order valence-electron chi connectivity index (χ2n) is 4.34. The highest BCUT2D eigenvalue weighted by molar-refractivity contribution is 6.03. The summed E-state index contributed by atoms with van der Waals surface area (Å²) in [5.41, 5.74) is 3.10. The third kappa shape index (κ3) is 3.50. The molecule has 0 aliphatic rings. The quantitative estimate of drug-likeness (QED) is 0.748. The van der Waals surface area contributed by atoms with Gasteiger partial charge in [-0.05, 0) is 42.8 Å². The molecule has 0 fully saturated rings. The second kappa shape index (κ2) is 6.60. The molecule has 0 radical (unpaired) electrons. The molecule has 3 N–H and O–H groups in total. The molecule has 0 saturated heterocycles. The molecule has 1 aromatic heterocycles. The number of hydrogen-bond acceptors (Lipinski definition) is 2. The zero-order valence-electron chi connectivity index (χ0n) is 11.2. The SMILES string of the molecule is Cc1cc(C#CCCO)ccc1NC(=O)c1ccc[nH]1. The largest absolute Gasteiger partial charge is 0.395 e. The highest BCUT2D eigenvalue weighted by Crippen LogP contribution is 2.17. The number of H-pyrrole nitrogens is 1. The maximum atomic E-state index is 11.9. The number of rotatable bonds is 3. The molecule has 0 unspecified atom stereocenters. The number of carbonyl (C=O) groups is 1. The number of aliphatic hydroxyl groups excluding tert-OH is 1. The Kier molecular flexibility index (Phi) is 4.59. The summed E-state index contributed by atoms with van der Waals surface area (Å²) in [6, 6.07) is 9.09. The van der Waals surface area contributed by atoms with Crippen LogP contribution in [0.1, 0.15) is 28.0 Å². The lowest BCUT2D eigenvalue weighted by molar-refractivity contribution is 0.102. The molecule has 1 heterocycles. The number of nitrogens with one attached hydrogen (secondary N) is 2. The van der Waals surface area contributed by atoms with E-state index in [1.807, 2.05) is 25.1 Å². The van der Waals surface area contributed by atoms with Crippen LogP contribution in [0.5, 0.6) is 0 Å². The summed E-state index contributed by atoms with van der Waals surface area (Å²) in [4.78, 5) is 14.8. The summed E-state index contributed by atoms with van der Waals surface area (Å²) in [5.74, 6) is 5.67. The van der Waals surface area contributed by atoms with Gasteiger partial charge < -0.3 is 15.4 Å². The Morgan fingerprint density at radius 1 is 1.40 bits per heavy atom. The fourth-order valence-electron chi connectivity index (χ4n) is 1.76. The van der Waals surface area contributed by atoms with Gasteiger partial charge >= 0.3 is 0 Å². The van der Waals surface area contributed by atoms with E-state index in [1.165, 1.54) is 0 Å². The van der Waals surface area contributed by atoms with Crippen molar-refractivity contribution in [3.8, 4) is 11.8 Å². The molecular formula is C16H16N2O2. The molecule has 2 aromatic rings. The molecule has 0 aliphatic heterocycles. The fourth-order valence-corrected chi connectivity index (χ4v) is 1.76. The van der Waals surface area contributed by atoms with E-state index in [0.29, 0.717) is 12.1 Å². The van der Waals surface area contributed by atoms with Gasteiger partial charge in [-0.1, -0.05) is 11.8 Å². The average molecular weight is 268 g/mol. The number of aliphatic hydroxyl groups is 1. The molecule has 0 atom stereocenters. The lowest BCUT2D eigenvalue weighted by Gasteiger charge is -2.07. The molecule has 0 bridgehead atoms. The van der Waals surface area contributed by atoms with Gasteiger partial charge in [-0.2, -0.15) is 0 Å². The van der Waals surface area contributed by atoms with E-state index in [0.717, 1.165) is 16.8 Å². The van der Waals surface area contributed by atoms with Crippen molar-refractivity contribution in [3.63, 3.8) is 0 Å². The maximum Gasteiger partial charge on any atom is 0.272 e. The van der Waals surface area contributed by atoms with Gasteiger partial charge in [-0.25, -0.2) is 0 Å². The number of carbonyl (C=O) groups excluding carboxylic acids is 1. The van der Waals surface area contributed by atoms with Crippen LogP contribution in [0.15, 0.2) is 36.5 Å². The van der Waals surface area contributed by atoms with Crippen molar-refractivity contribution in [2.45, 2.75) is 13.3 Å². The van der Waals surface area contributed by atoms with Gasteiger partial charge in [0.15, 0.2) is 0 Å². The van der Waals surface area contributed by atoms with Crippen LogP contribution in [0, 0.1) is 18.8 Å². The Morgan fingerprint density at radius 3 is 2.90 bits per heavy atom. The molecule has 0 saturated carbocycles. The standard InChI is InChI=1S/C16H16N2O2/c1-12-11-13(5-2-3-10-19)7-8-14(12)18-16(20)15-6-4-9-17-15/h4,6-9,11,17,19H,3,10H2,1H3,(H,18,20). The molecule has 0 aliphatic carbocycles. The molecule has 4 heteroatoms. The third-order valence-corrected chi connectivity index (χ3v) is 2.79. The van der Waals surface area contributed by atoms with E-state index in [4.69, 9.17) is 5.11 Å². The maximum absolute atomic E-state index is 11.9. The number of aromatic amines is 1. The number of benzene rings is 1. The van der Waals surface area contributed by atoms with Gasteiger partial charge in [-0.15, -0.1) is 0 Å². The number of aryl methyl sites for hydroxylation is 1. The van der Waals surface area contributed by atoms with Crippen LogP contribution in [0.3, 0.4) is 0 Å². The fraction of sp³-hybridized carbons (Fsp3) is 0.188. The van der Waals surface area contributed by atoms with Crippen molar-refractivity contribution in [3.05, 3.63) is 53.3 Å². The van der Waals surface area contributed by atoms with Crippen molar-refractivity contribution < 1.29 is 9.90 Å². The summed E-state index contributed by atoms with van der Waals surface area (Å²) in [6.45, 7) is 1.98. The van der Waals surface area contributed by atoms with E-state index < -0.39 is 0 Å². The van der Waals surface area contributed by atoms with E-state index >= 15 is 0 Å². The Balaban J connectivity index is 2.11. The minimum atomic E-state index is -0.169. The number of amides is 1. The van der Waals surface area contributed by atoms with Crippen LogP contribution in [-0.2, 0) is 0 Å². The van der Waals surface area contributed by atoms with Crippen LogP contribution < -0.4 is 5.32 Å². The highest BCUT2D eigenvalue weighted by Gasteiger charge is 2.07. The normalized spacial score (nSPS) is 9.70. The smallest absolute Gasteiger partial charge is 0.272 e. The zero-order chi connectivity index (χ0) is 14.4. The van der Waals surface area contributed by atoms with Crippen LogP contribution in [-0.4, -0.2) is 22.6 Å². The van der Waals surface area contributed by atoms with Crippen molar-refractivity contribution in [2.75, 3.05) is 11.9 Å². The first kappa shape index (κ1) is 13.9. The molecule has 1 aromatic carbocycles. The summed E-state index contributed by atoms with van der Waals surface area (Å²) < 4.78 is 0. The third-order valence-electron chi connectivity index (χ3n) is 2.79. The molecule has 4 nitrogen and oxygen atoms in total. The van der Waals surface area contributed by atoms with Crippen molar-refractivity contribution in [1.82, 2.24) is 4.98 Å². The summed E-state index contributed by atoms with van der Waals surface area (Å²) in [5, 5.41) is 11.5. The molecule has 2 rings (SSSR count). The van der Waals surface area contributed by atoms with Gasteiger partial charge in [0.2, 0.25) is 0 Å². The molecule has 20 heavy (non-hydrogen) atoms. The Hall–Kier alpha value is -2.51. The Morgan fingerprint density at radius 2 is 2.25 bits per heavy atom. The topological polar surface area (TPSA) is 65.1 Å². The summed E-state index contributed by atoms with van der Waals surface area (Å²) >= 11 is 0. The minimum absolute atomic E-state index is 0.0657. The van der Waals surface area contributed by atoms with Crippen LogP contribution in [0.2, 0.25) is 0 Å². The summed E-state index contributed by atoms with van der Waals surface area (Å²) in [7, 11) is 0. The van der Waals surface area contributed by atoms with Gasteiger partial charge in [0.05, 0.1) is 6.61 Å². The number of anilines is 1. The van der Waals surface area contributed by atoms with Crippen LogP contribution in [0.25, 0.3) is 0 Å². The molecule has 0 spiro atoms. The average Bonchev–Trinajstić information content (AvgIpc) is 2.96. The van der Waals surface area contributed by atoms with Crippen LogP contribution in [0.4, 0.5) is 5.69 Å². The first-order valence-electron chi connectivity index (χ1n) is 6.36. The van der Waals surface area contributed by atoms with Gasteiger partial charge in [0, 0.05) is 23.9 Å². The van der Waals surface area contributed by atoms with Crippen LogP contribution >= 0.6 is 0 Å². The second-order valence-corrected chi connectivity index (χ2v) is 4.34. The highest BCUT2D eigenvalue weighted by atomic mass is 16.2. The van der Waals surface area contributed by atoms with Crippen molar-refractivity contribution in [1.29, 1.82) is 0 Å². The molecule has 1 amide bonds. The monoisotopic (exact) mass is 268 g/mol. The predicted octanol–water partition coefficient (Wildman–Crippen LogP) is 2.31.